The third kappa shape index (κ3) is 6.95. The summed E-state index contributed by atoms with van der Waals surface area (Å²) in [5, 5.41) is 17.0. The molecule has 0 N–H and O–H groups in total. The third-order valence-electron chi connectivity index (χ3n) is 6.98. The van der Waals surface area contributed by atoms with E-state index in [0.717, 1.165) is 16.9 Å². The lowest BCUT2D eigenvalue weighted by Gasteiger charge is -2.18. The van der Waals surface area contributed by atoms with Crippen LogP contribution in [0.4, 0.5) is 5.69 Å². The molecule has 0 spiro atoms. The van der Waals surface area contributed by atoms with Gasteiger partial charge in [-0.05, 0) is 75.1 Å². The van der Waals surface area contributed by atoms with Crippen LogP contribution in [-0.2, 0) is 9.53 Å². The third-order valence-corrected chi connectivity index (χ3v) is 6.98. The van der Waals surface area contributed by atoms with Crippen LogP contribution in [0, 0.1) is 17.0 Å². The zero-order valence-corrected chi connectivity index (χ0v) is 26.3. The molecule has 236 valence electrons. The van der Waals surface area contributed by atoms with E-state index in [0.29, 0.717) is 22.3 Å². The molecule has 0 aliphatic carbocycles. The van der Waals surface area contributed by atoms with Gasteiger partial charge in [-0.1, -0.05) is 26.0 Å². The second kappa shape index (κ2) is 14.0. The van der Waals surface area contributed by atoms with Gasteiger partial charge in [0.2, 0.25) is 5.75 Å². The molecule has 1 aromatic heterocycles. The van der Waals surface area contributed by atoms with Crippen LogP contribution in [0.15, 0.2) is 58.4 Å². The Morgan fingerprint density at radius 3 is 2.47 bits per heavy atom. The fraction of sp³-hybridized carbons (Fsp3) is 0.333. The maximum Gasteiger partial charge on any atom is 0.347 e. The van der Waals surface area contributed by atoms with Crippen LogP contribution in [-0.4, -0.2) is 53.2 Å². The molecule has 0 aliphatic rings. The second-order valence-electron chi connectivity index (χ2n) is 10.4. The smallest absolute Gasteiger partial charge is 0.347 e. The van der Waals surface area contributed by atoms with E-state index in [1.165, 1.54) is 29.9 Å². The number of para-hydroxylation sites is 1. The lowest BCUT2D eigenvalue weighted by atomic mass is 9.96. The van der Waals surface area contributed by atoms with Crippen LogP contribution in [0.25, 0.3) is 22.3 Å². The average Bonchev–Trinajstić information content (AvgIpc) is 3.01. The van der Waals surface area contributed by atoms with Gasteiger partial charge >= 0.3 is 11.7 Å². The largest absolute Gasteiger partial charge is 0.496 e. The zero-order chi connectivity index (χ0) is 32.8. The molecule has 0 saturated carbocycles. The van der Waals surface area contributed by atoms with E-state index in [-0.39, 0.29) is 36.2 Å². The van der Waals surface area contributed by atoms with E-state index in [4.69, 9.17) is 23.9 Å². The van der Waals surface area contributed by atoms with Crippen molar-refractivity contribution in [1.82, 2.24) is 9.66 Å². The molecule has 0 bridgehead atoms. The fourth-order valence-corrected chi connectivity index (χ4v) is 4.78. The van der Waals surface area contributed by atoms with Crippen molar-refractivity contribution in [2.45, 2.75) is 53.6 Å². The minimum Gasteiger partial charge on any atom is -0.496 e. The average molecular weight is 617 g/mol. The number of aromatic nitrogens is 2. The summed E-state index contributed by atoms with van der Waals surface area (Å²) in [6.07, 6.45) is 0.188. The Bertz CT molecular complexity index is 1830. The highest BCUT2D eigenvalue weighted by Crippen LogP contribution is 2.39. The maximum atomic E-state index is 13.8. The summed E-state index contributed by atoms with van der Waals surface area (Å²) in [7, 11) is 1.61. The topological polar surface area (TPSA) is 144 Å². The highest BCUT2D eigenvalue weighted by molar-refractivity contribution is 5.85. The molecule has 0 aliphatic heterocycles. The van der Waals surface area contributed by atoms with Crippen LogP contribution in [0.3, 0.4) is 0 Å². The normalized spacial score (nSPS) is 12.0. The summed E-state index contributed by atoms with van der Waals surface area (Å²) in [5.41, 5.74) is 2.30. The van der Waals surface area contributed by atoms with Crippen LogP contribution >= 0.6 is 0 Å². The highest BCUT2D eigenvalue weighted by atomic mass is 16.6. The predicted molar refractivity (Wildman–Crippen MR) is 171 cm³/mol. The van der Waals surface area contributed by atoms with Crippen molar-refractivity contribution >= 4 is 28.8 Å². The molecule has 45 heavy (non-hydrogen) atoms. The Morgan fingerprint density at radius 1 is 1.09 bits per heavy atom. The van der Waals surface area contributed by atoms with E-state index in [2.05, 4.69) is 5.10 Å². The first-order chi connectivity index (χ1) is 21.5. The minimum atomic E-state index is -1.13. The van der Waals surface area contributed by atoms with Gasteiger partial charge in [0.25, 0.3) is 5.56 Å². The molecule has 4 aromatic rings. The number of benzene rings is 3. The summed E-state index contributed by atoms with van der Waals surface area (Å²) < 4.78 is 23.1. The van der Waals surface area contributed by atoms with E-state index < -0.39 is 28.2 Å². The zero-order valence-electron chi connectivity index (χ0n) is 26.3. The van der Waals surface area contributed by atoms with Crippen molar-refractivity contribution in [3.8, 4) is 28.6 Å². The number of nitro groups is 1. The van der Waals surface area contributed by atoms with Gasteiger partial charge in [0.15, 0.2) is 17.7 Å². The first-order valence-electron chi connectivity index (χ1n) is 14.5. The molecule has 12 heteroatoms. The number of methoxy groups -OCH3 is 1. The number of carbonyl (C=O) groups excluding carboxylic acids is 1. The van der Waals surface area contributed by atoms with E-state index >= 15 is 0 Å². The minimum absolute atomic E-state index is 0.0288. The number of hydrogen-bond donors (Lipinski definition) is 0. The van der Waals surface area contributed by atoms with Gasteiger partial charge in [0.1, 0.15) is 5.75 Å². The molecule has 4 rings (SSSR count). The lowest BCUT2D eigenvalue weighted by molar-refractivity contribution is -0.386. The quantitative estimate of drug-likeness (QED) is 0.0807. The molecule has 0 unspecified atom stereocenters. The van der Waals surface area contributed by atoms with Gasteiger partial charge in [-0.2, -0.15) is 9.78 Å². The Hall–Kier alpha value is -5.26. The summed E-state index contributed by atoms with van der Waals surface area (Å²) in [5.74, 6) is 0.263. The van der Waals surface area contributed by atoms with Gasteiger partial charge in [-0.3, -0.25) is 14.9 Å². The molecule has 1 atom stereocenters. The van der Waals surface area contributed by atoms with Crippen molar-refractivity contribution in [3.63, 3.8) is 0 Å². The number of hydrogen-bond acceptors (Lipinski definition) is 10. The van der Waals surface area contributed by atoms with E-state index in [9.17, 15) is 19.7 Å². The van der Waals surface area contributed by atoms with Gasteiger partial charge in [0, 0.05) is 17.2 Å². The monoisotopic (exact) mass is 616 g/mol. The summed E-state index contributed by atoms with van der Waals surface area (Å²) >= 11 is 0. The van der Waals surface area contributed by atoms with Crippen LogP contribution in [0.5, 0.6) is 17.2 Å². The van der Waals surface area contributed by atoms with Gasteiger partial charge in [-0.25, -0.2) is 9.78 Å². The maximum absolute atomic E-state index is 13.8. The summed E-state index contributed by atoms with van der Waals surface area (Å²) in [4.78, 5) is 42.3. The molecular weight excluding hydrogens is 580 g/mol. The molecule has 3 aromatic carbocycles. The first-order valence-corrected chi connectivity index (χ1v) is 14.5. The molecule has 0 radical (unpaired) electrons. The van der Waals surface area contributed by atoms with Crippen LogP contribution in [0.2, 0.25) is 0 Å². The van der Waals surface area contributed by atoms with Crippen molar-refractivity contribution < 1.29 is 28.7 Å². The molecular formula is C33H36N4O8. The number of esters is 1. The van der Waals surface area contributed by atoms with Crippen LogP contribution < -0.4 is 19.8 Å². The van der Waals surface area contributed by atoms with Crippen LogP contribution in [0.1, 0.15) is 57.2 Å². The van der Waals surface area contributed by atoms with E-state index in [1.807, 2.05) is 32.9 Å². The van der Waals surface area contributed by atoms with Gasteiger partial charge in [-0.15, -0.1) is 0 Å². The number of aryl methyl sites for hydroxylation is 1. The van der Waals surface area contributed by atoms with Crippen molar-refractivity contribution in [3.05, 3.63) is 85.7 Å². The number of fused-ring (bicyclic) bond motifs is 1. The Balaban J connectivity index is 1.91. The molecule has 0 amide bonds. The van der Waals surface area contributed by atoms with Crippen molar-refractivity contribution in [2.24, 2.45) is 5.10 Å². The lowest BCUT2D eigenvalue weighted by Crippen LogP contribution is -2.26. The summed E-state index contributed by atoms with van der Waals surface area (Å²) in [6.45, 7) is 11.1. The number of nitro benzene ring substituents is 1. The van der Waals surface area contributed by atoms with E-state index in [1.54, 1.807) is 45.2 Å². The Labute approximate surface area is 260 Å². The fourth-order valence-electron chi connectivity index (χ4n) is 4.78. The standard InChI is InChI=1S/C33H36N4O8/c1-8-43-29-16-22(15-27(37(40)41)30(29)45-21(6)33(39)44-9-2)18-34-36-31(35-26-13-11-10-12-23(26)32(36)38)25-17-24(19(3)4)28(42-7)14-20(25)5/h10-19,21H,8-9H2,1-7H3/t21-/m1/s1. The number of ether oxygens (including phenoxy) is 4. The molecule has 12 nitrogen and oxygen atoms in total. The second-order valence-corrected chi connectivity index (χ2v) is 10.4. The number of rotatable bonds is 12. The first kappa shape index (κ1) is 32.6. The number of carbonyl (C=O) groups is 1. The highest BCUT2D eigenvalue weighted by Gasteiger charge is 2.27. The SMILES string of the molecule is CCOC(=O)[C@@H](C)Oc1c(OCC)cc(C=Nn2c(-c3cc(C(C)C)c(OC)cc3C)nc3ccccc3c2=O)cc1[N+](=O)[O-]. The van der Waals surface area contributed by atoms with Gasteiger partial charge in [0.05, 0.1) is 42.4 Å². The Kier molecular flexibility index (Phi) is 10.2. The Morgan fingerprint density at radius 2 is 1.82 bits per heavy atom. The molecule has 0 saturated heterocycles. The van der Waals surface area contributed by atoms with Gasteiger partial charge < -0.3 is 18.9 Å². The molecule has 1 heterocycles. The summed E-state index contributed by atoms with van der Waals surface area (Å²) in [6, 6.07) is 13.5. The van der Waals surface area contributed by atoms with Crippen molar-refractivity contribution in [1.29, 1.82) is 0 Å². The molecule has 0 fully saturated rings. The predicted octanol–water partition coefficient (Wildman–Crippen LogP) is 6.02. The van der Waals surface area contributed by atoms with Crippen molar-refractivity contribution in [2.75, 3.05) is 20.3 Å². The number of nitrogens with zero attached hydrogens (tertiary/aromatic N) is 4.